The maximum absolute atomic E-state index is 11.7. The second-order valence-corrected chi connectivity index (χ2v) is 7.69. The third kappa shape index (κ3) is 3.75. The summed E-state index contributed by atoms with van der Waals surface area (Å²) in [5.74, 6) is 0.481. The molecule has 0 aliphatic carbocycles. The fourth-order valence-corrected chi connectivity index (χ4v) is 4.22. The molecule has 1 aromatic carbocycles. The predicted octanol–water partition coefficient (Wildman–Crippen LogP) is 3.38. The Morgan fingerprint density at radius 1 is 1.30 bits per heavy atom. The summed E-state index contributed by atoms with van der Waals surface area (Å²) in [7, 11) is 1.49. The molecule has 27 heavy (non-hydrogen) atoms. The van der Waals surface area contributed by atoms with Crippen molar-refractivity contribution >= 4 is 38.8 Å². The van der Waals surface area contributed by atoms with Gasteiger partial charge in [0.1, 0.15) is 23.1 Å². The molecule has 0 fully saturated rings. The first kappa shape index (κ1) is 17.8. The van der Waals surface area contributed by atoms with Crippen LogP contribution >= 0.6 is 22.7 Å². The Bertz CT molecular complexity index is 1100. The van der Waals surface area contributed by atoms with Gasteiger partial charge in [-0.15, -0.1) is 22.7 Å². The number of thiazole rings is 2. The molecule has 3 heterocycles. The van der Waals surface area contributed by atoms with Crippen LogP contribution in [0.3, 0.4) is 0 Å². The zero-order chi connectivity index (χ0) is 18.8. The lowest BCUT2D eigenvalue weighted by Gasteiger charge is -2.01. The van der Waals surface area contributed by atoms with Crippen molar-refractivity contribution in [2.45, 2.75) is 13.5 Å². The SMILES string of the molecule is COCC(=O)NCc1nc(-c2ccc3ncsc3c2)c(-c2nc(C)cs2)[nH]1. The molecule has 4 rings (SSSR count). The largest absolute Gasteiger partial charge is 0.375 e. The van der Waals surface area contributed by atoms with E-state index in [1.54, 1.807) is 22.7 Å². The molecule has 2 N–H and O–H groups in total. The van der Waals surface area contributed by atoms with Gasteiger partial charge in [0, 0.05) is 23.7 Å². The maximum atomic E-state index is 11.7. The Morgan fingerprint density at radius 2 is 2.19 bits per heavy atom. The molecule has 0 aliphatic rings. The minimum absolute atomic E-state index is 0.0220. The first-order valence-corrected chi connectivity index (χ1v) is 10.0. The summed E-state index contributed by atoms with van der Waals surface area (Å²) >= 11 is 3.16. The van der Waals surface area contributed by atoms with Gasteiger partial charge in [-0.3, -0.25) is 4.79 Å². The Hall–Kier alpha value is -2.62. The highest BCUT2D eigenvalue weighted by molar-refractivity contribution is 7.16. The first-order valence-electron chi connectivity index (χ1n) is 8.24. The van der Waals surface area contributed by atoms with Crippen LogP contribution in [0.1, 0.15) is 11.5 Å². The molecule has 0 aliphatic heterocycles. The standard InChI is InChI=1S/C18H17N5O2S2/c1-10-8-26-18(21-10)17-16(11-3-4-12-13(5-11)27-9-20-12)22-14(23-17)6-19-15(24)7-25-2/h3-5,8-9H,6-7H2,1-2H3,(H,19,24)(H,22,23). The second-order valence-electron chi connectivity index (χ2n) is 5.95. The molecule has 0 bridgehead atoms. The van der Waals surface area contributed by atoms with Crippen molar-refractivity contribution in [3.8, 4) is 22.0 Å². The van der Waals surface area contributed by atoms with Gasteiger partial charge in [0.15, 0.2) is 0 Å². The highest BCUT2D eigenvalue weighted by atomic mass is 32.1. The molecule has 0 saturated heterocycles. The zero-order valence-corrected chi connectivity index (χ0v) is 16.4. The van der Waals surface area contributed by atoms with Gasteiger partial charge in [-0.05, 0) is 19.1 Å². The molecule has 0 saturated carbocycles. The van der Waals surface area contributed by atoms with Crippen molar-refractivity contribution in [2.75, 3.05) is 13.7 Å². The Labute approximate surface area is 163 Å². The summed E-state index contributed by atoms with van der Waals surface area (Å²) in [6, 6.07) is 6.09. The average Bonchev–Trinajstić information content (AvgIpc) is 3.38. The van der Waals surface area contributed by atoms with E-state index in [-0.39, 0.29) is 12.5 Å². The average molecular weight is 400 g/mol. The number of nitrogens with zero attached hydrogens (tertiary/aromatic N) is 3. The number of imidazole rings is 1. The van der Waals surface area contributed by atoms with Gasteiger partial charge in [0.2, 0.25) is 5.91 Å². The highest BCUT2D eigenvalue weighted by Gasteiger charge is 2.17. The molecule has 0 spiro atoms. The van der Waals surface area contributed by atoms with Crippen molar-refractivity contribution < 1.29 is 9.53 Å². The van der Waals surface area contributed by atoms with Crippen LogP contribution in [0, 0.1) is 6.92 Å². The quantitative estimate of drug-likeness (QED) is 0.518. The molecule has 7 nitrogen and oxygen atoms in total. The minimum atomic E-state index is -0.187. The summed E-state index contributed by atoms with van der Waals surface area (Å²) in [6.07, 6.45) is 0. The van der Waals surface area contributed by atoms with Crippen LogP contribution in [0.5, 0.6) is 0 Å². The number of carbonyl (C=O) groups is 1. The van der Waals surface area contributed by atoms with Gasteiger partial charge in [0.05, 0.1) is 28.0 Å². The van der Waals surface area contributed by atoms with Gasteiger partial charge in [0.25, 0.3) is 0 Å². The third-order valence-electron chi connectivity index (χ3n) is 3.92. The number of amides is 1. The molecule has 0 radical (unpaired) electrons. The van der Waals surface area contributed by atoms with Crippen LogP contribution in [0.25, 0.3) is 32.2 Å². The number of benzene rings is 1. The fraction of sp³-hybridized carbons (Fsp3) is 0.222. The van der Waals surface area contributed by atoms with Crippen LogP contribution in [-0.4, -0.2) is 39.6 Å². The van der Waals surface area contributed by atoms with E-state index in [1.807, 2.05) is 29.9 Å². The highest BCUT2D eigenvalue weighted by Crippen LogP contribution is 2.34. The van der Waals surface area contributed by atoms with E-state index in [1.165, 1.54) is 7.11 Å². The normalized spacial score (nSPS) is 11.2. The minimum Gasteiger partial charge on any atom is -0.375 e. The number of H-pyrrole nitrogens is 1. The Kier molecular flexibility index (Phi) is 4.97. The summed E-state index contributed by atoms with van der Waals surface area (Å²) < 4.78 is 5.94. The molecule has 138 valence electrons. The van der Waals surface area contributed by atoms with Gasteiger partial charge in [-0.1, -0.05) is 6.07 Å². The lowest BCUT2D eigenvalue weighted by atomic mass is 10.1. The lowest BCUT2D eigenvalue weighted by Crippen LogP contribution is -2.26. The number of rotatable bonds is 6. The van der Waals surface area contributed by atoms with Crippen molar-refractivity contribution in [1.82, 2.24) is 25.3 Å². The van der Waals surface area contributed by atoms with E-state index in [0.29, 0.717) is 12.4 Å². The predicted molar refractivity (Wildman–Crippen MR) is 107 cm³/mol. The summed E-state index contributed by atoms with van der Waals surface area (Å²) in [5, 5.41) is 5.67. The number of methoxy groups -OCH3 is 1. The molecule has 1 amide bonds. The number of aromatic amines is 1. The first-order chi connectivity index (χ1) is 13.1. The third-order valence-corrected chi connectivity index (χ3v) is 5.69. The van der Waals surface area contributed by atoms with Gasteiger partial charge in [-0.2, -0.15) is 0 Å². The van der Waals surface area contributed by atoms with Crippen molar-refractivity contribution in [3.63, 3.8) is 0 Å². The van der Waals surface area contributed by atoms with Crippen LogP contribution in [0.15, 0.2) is 29.1 Å². The number of nitrogens with one attached hydrogen (secondary N) is 2. The topological polar surface area (TPSA) is 92.8 Å². The number of ether oxygens (including phenoxy) is 1. The summed E-state index contributed by atoms with van der Waals surface area (Å²) in [4.78, 5) is 28.6. The van der Waals surface area contributed by atoms with Crippen LogP contribution < -0.4 is 5.32 Å². The van der Waals surface area contributed by atoms with Crippen LogP contribution in [0.4, 0.5) is 0 Å². The van der Waals surface area contributed by atoms with E-state index in [2.05, 4.69) is 26.3 Å². The van der Waals surface area contributed by atoms with Gasteiger partial charge >= 0.3 is 0 Å². The maximum Gasteiger partial charge on any atom is 0.246 e. The van der Waals surface area contributed by atoms with E-state index >= 15 is 0 Å². The molecular weight excluding hydrogens is 382 g/mol. The molecule has 3 aromatic heterocycles. The summed E-state index contributed by atoms with van der Waals surface area (Å²) in [5.41, 5.74) is 6.42. The zero-order valence-electron chi connectivity index (χ0n) is 14.8. The number of carbonyl (C=O) groups excluding carboxylic acids is 1. The number of aromatic nitrogens is 4. The molecule has 0 atom stereocenters. The molecule has 9 heteroatoms. The number of fused-ring (bicyclic) bond motifs is 1. The van der Waals surface area contributed by atoms with Crippen molar-refractivity contribution in [1.29, 1.82) is 0 Å². The van der Waals surface area contributed by atoms with Crippen molar-refractivity contribution in [2.24, 2.45) is 0 Å². The Balaban J connectivity index is 1.72. The van der Waals surface area contributed by atoms with Gasteiger partial charge < -0.3 is 15.0 Å². The smallest absolute Gasteiger partial charge is 0.246 e. The van der Waals surface area contributed by atoms with Gasteiger partial charge in [-0.25, -0.2) is 15.0 Å². The number of aryl methyl sites for hydroxylation is 1. The fourth-order valence-electron chi connectivity index (χ4n) is 2.71. The van der Waals surface area contributed by atoms with E-state index in [9.17, 15) is 4.79 Å². The molecule has 4 aromatic rings. The number of hydrogen-bond acceptors (Lipinski definition) is 7. The monoisotopic (exact) mass is 399 g/mol. The second kappa shape index (κ2) is 7.55. The van der Waals surface area contributed by atoms with Crippen molar-refractivity contribution in [3.05, 3.63) is 40.6 Å². The van der Waals surface area contributed by atoms with E-state index < -0.39 is 0 Å². The lowest BCUT2D eigenvalue weighted by molar-refractivity contribution is -0.124. The van der Waals surface area contributed by atoms with Crippen LogP contribution in [-0.2, 0) is 16.1 Å². The molecular formula is C18H17N5O2S2. The molecule has 0 unspecified atom stereocenters. The van der Waals surface area contributed by atoms with E-state index in [0.717, 1.165) is 37.9 Å². The number of hydrogen-bond donors (Lipinski definition) is 2. The Morgan fingerprint density at radius 3 is 2.96 bits per heavy atom. The van der Waals surface area contributed by atoms with E-state index in [4.69, 9.17) is 9.72 Å². The van der Waals surface area contributed by atoms with Crippen LogP contribution in [0.2, 0.25) is 0 Å². The summed E-state index contributed by atoms with van der Waals surface area (Å²) in [6.45, 7) is 2.28.